The van der Waals surface area contributed by atoms with Gasteiger partial charge in [-0.15, -0.1) is 11.3 Å². The van der Waals surface area contributed by atoms with Crippen molar-refractivity contribution in [2.75, 3.05) is 17.7 Å². The Morgan fingerprint density at radius 1 is 0.914 bits per heavy atom. The number of aryl methyl sites for hydroxylation is 2. The monoisotopic (exact) mass is 506 g/mol. The summed E-state index contributed by atoms with van der Waals surface area (Å²) in [5.74, 6) is 0.374. The van der Waals surface area contributed by atoms with E-state index in [1.807, 2.05) is 32.9 Å². The van der Waals surface area contributed by atoms with Gasteiger partial charge in [0, 0.05) is 11.3 Å². The molecule has 0 bridgehead atoms. The Balaban J connectivity index is 1.83. The normalized spacial score (nSPS) is 11.3. The number of ketones is 1. The number of nitrogens with two attached hydrogens (primary N) is 1. The highest BCUT2D eigenvalue weighted by Gasteiger charge is 2.31. The van der Waals surface area contributed by atoms with Crippen LogP contribution in [0.2, 0.25) is 0 Å². The van der Waals surface area contributed by atoms with Crippen LogP contribution in [-0.2, 0) is 9.84 Å². The van der Waals surface area contributed by atoms with Gasteiger partial charge in [-0.1, -0.05) is 47.5 Å². The Morgan fingerprint density at radius 2 is 1.49 bits per heavy atom. The standard InChI is InChI=1S/C27H26N2O4S2/c1-4-33-21-13-11-20(12-14-21)29-27-26(35(31,32)22-15-7-18(3)8-16-22)23(28)25(34-27)24(30)19-9-5-17(2)6-10-19/h5-16,29H,4,28H2,1-3H3. The fourth-order valence-electron chi connectivity index (χ4n) is 3.55. The van der Waals surface area contributed by atoms with Crippen LogP contribution in [0.1, 0.15) is 33.3 Å². The molecule has 180 valence electrons. The van der Waals surface area contributed by atoms with Crippen LogP contribution in [-0.4, -0.2) is 20.8 Å². The number of ether oxygens (including phenoxy) is 1. The first-order chi connectivity index (χ1) is 16.7. The van der Waals surface area contributed by atoms with E-state index in [1.54, 1.807) is 60.7 Å². The van der Waals surface area contributed by atoms with E-state index < -0.39 is 9.84 Å². The van der Waals surface area contributed by atoms with E-state index in [-0.39, 0.29) is 31.1 Å². The van der Waals surface area contributed by atoms with Gasteiger partial charge in [0.2, 0.25) is 15.6 Å². The van der Waals surface area contributed by atoms with Crippen LogP contribution in [0.5, 0.6) is 5.75 Å². The molecule has 0 spiro atoms. The highest BCUT2D eigenvalue weighted by Crippen LogP contribution is 2.44. The van der Waals surface area contributed by atoms with Crippen molar-refractivity contribution in [1.82, 2.24) is 0 Å². The summed E-state index contributed by atoms with van der Waals surface area (Å²) in [6.07, 6.45) is 0. The van der Waals surface area contributed by atoms with Crippen molar-refractivity contribution in [3.63, 3.8) is 0 Å². The van der Waals surface area contributed by atoms with Crippen molar-refractivity contribution in [2.24, 2.45) is 0 Å². The number of carbonyl (C=O) groups is 1. The fraction of sp³-hybridized carbons (Fsp3) is 0.148. The van der Waals surface area contributed by atoms with Gasteiger partial charge < -0.3 is 15.8 Å². The molecule has 0 atom stereocenters. The average Bonchev–Trinajstić information content (AvgIpc) is 3.17. The zero-order valence-electron chi connectivity index (χ0n) is 19.7. The second-order valence-electron chi connectivity index (χ2n) is 8.10. The maximum absolute atomic E-state index is 13.7. The van der Waals surface area contributed by atoms with Gasteiger partial charge in [0.1, 0.15) is 20.5 Å². The van der Waals surface area contributed by atoms with Crippen molar-refractivity contribution in [3.05, 3.63) is 94.4 Å². The summed E-state index contributed by atoms with van der Waals surface area (Å²) in [6.45, 7) is 6.25. The van der Waals surface area contributed by atoms with Crippen LogP contribution in [0.3, 0.4) is 0 Å². The van der Waals surface area contributed by atoms with E-state index >= 15 is 0 Å². The molecule has 0 saturated heterocycles. The van der Waals surface area contributed by atoms with Gasteiger partial charge in [-0.25, -0.2) is 8.42 Å². The number of carbonyl (C=O) groups excluding carboxylic acids is 1. The highest BCUT2D eigenvalue weighted by atomic mass is 32.2. The third-order valence-corrected chi connectivity index (χ3v) is 8.55. The predicted molar refractivity (Wildman–Crippen MR) is 141 cm³/mol. The first-order valence-electron chi connectivity index (χ1n) is 11.1. The third kappa shape index (κ3) is 5.08. The summed E-state index contributed by atoms with van der Waals surface area (Å²) in [5, 5.41) is 3.44. The number of rotatable bonds is 8. The number of benzene rings is 3. The van der Waals surface area contributed by atoms with Crippen LogP contribution in [0.4, 0.5) is 16.4 Å². The quantitative estimate of drug-likeness (QED) is 0.278. The lowest BCUT2D eigenvalue weighted by atomic mass is 10.1. The summed E-state index contributed by atoms with van der Waals surface area (Å²) >= 11 is 1.03. The third-order valence-electron chi connectivity index (χ3n) is 5.44. The lowest BCUT2D eigenvalue weighted by Crippen LogP contribution is -2.08. The number of thiophene rings is 1. The van der Waals surface area contributed by atoms with Crippen LogP contribution >= 0.6 is 11.3 Å². The maximum atomic E-state index is 13.7. The molecule has 0 aliphatic carbocycles. The molecule has 3 aromatic carbocycles. The number of hydrogen-bond acceptors (Lipinski definition) is 7. The largest absolute Gasteiger partial charge is 0.494 e. The van der Waals surface area contributed by atoms with Crippen molar-refractivity contribution in [2.45, 2.75) is 30.6 Å². The second-order valence-corrected chi connectivity index (χ2v) is 11.0. The molecule has 4 aromatic rings. The SMILES string of the molecule is CCOc1ccc(Nc2sc(C(=O)c3ccc(C)cc3)c(N)c2S(=O)(=O)c2ccc(C)cc2)cc1. The molecular formula is C27H26N2O4S2. The molecule has 6 nitrogen and oxygen atoms in total. The summed E-state index contributed by atoms with van der Waals surface area (Å²) in [4.78, 5) is 13.5. The Bertz CT molecular complexity index is 1460. The molecule has 0 unspecified atom stereocenters. The molecule has 0 radical (unpaired) electrons. The van der Waals surface area contributed by atoms with Crippen LogP contribution in [0.25, 0.3) is 0 Å². The summed E-state index contributed by atoms with van der Waals surface area (Å²) in [7, 11) is -4.01. The molecule has 3 N–H and O–H groups in total. The lowest BCUT2D eigenvalue weighted by molar-refractivity contribution is 0.104. The number of sulfone groups is 1. The van der Waals surface area contributed by atoms with Gasteiger partial charge in [-0.2, -0.15) is 0 Å². The molecular weight excluding hydrogens is 480 g/mol. The summed E-state index contributed by atoms with van der Waals surface area (Å²) < 4.78 is 32.9. The fourth-order valence-corrected chi connectivity index (χ4v) is 6.48. The molecule has 0 saturated carbocycles. The van der Waals surface area contributed by atoms with E-state index in [0.29, 0.717) is 23.6 Å². The number of anilines is 3. The van der Waals surface area contributed by atoms with E-state index in [4.69, 9.17) is 10.5 Å². The zero-order chi connectivity index (χ0) is 25.2. The van der Waals surface area contributed by atoms with Crippen molar-refractivity contribution < 1.29 is 17.9 Å². The first kappa shape index (κ1) is 24.5. The van der Waals surface area contributed by atoms with Crippen LogP contribution in [0, 0.1) is 13.8 Å². The Hall–Kier alpha value is -3.62. The maximum Gasteiger partial charge on any atom is 0.211 e. The zero-order valence-corrected chi connectivity index (χ0v) is 21.3. The van der Waals surface area contributed by atoms with Crippen LogP contribution in [0.15, 0.2) is 82.6 Å². The predicted octanol–water partition coefficient (Wildman–Crippen LogP) is 6.15. The minimum Gasteiger partial charge on any atom is -0.494 e. The molecule has 4 rings (SSSR count). The van der Waals surface area contributed by atoms with Crippen molar-refractivity contribution in [3.8, 4) is 5.75 Å². The second kappa shape index (κ2) is 9.93. The summed E-state index contributed by atoms with van der Waals surface area (Å²) in [5.41, 5.74) is 9.37. The number of nitrogens with one attached hydrogen (secondary N) is 1. The molecule has 35 heavy (non-hydrogen) atoms. The van der Waals surface area contributed by atoms with E-state index in [0.717, 1.165) is 22.5 Å². The van der Waals surface area contributed by atoms with Gasteiger partial charge in [-0.3, -0.25) is 4.79 Å². The Morgan fingerprint density at radius 3 is 2.06 bits per heavy atom. The van der Waals surface area contributed by atoms with Crippen molar-refractivity contribution in [1.29, 1.82) is 0 Å². The molecule has 8 heteroatoms. The minimum atomic E-state index is -4.01. The summed E-state index contributed by atoms with van der Waals surface area (Å²) in [6, 6.07) is 20.8. The molecule has 1 aromatic heterocycles. The van der Waals surface area contributed by atoms with E-state index in [2.05, 4.69) is 5.32 Å². The average molecular weight is 507 g/mol. The molecule has 1 heterocycles. The lowest BCUT2D eigenvalue weighted by Gasteiger charge is -2.10. The number of hydrogen-bond donors (Lipinski definition) is 2. The van der Waals surface area contributed by atoms with Crippen LogP contribution < -0.4 is 15.8 Å². The smallest absolute Gasteiger partial charge is 0.211 e. The Kier molecular flexibility index (Phi) is 6.95. The molecule has 0 amide bonds. The first-order valence-corrected chi connectivity index (χ1v) is 13.4. The number of nitrogen functional groups attached to an aromatic ring is 1. The minimum absolute atomic E-state index is 0.0606. The van der Waals surface area contributed by atoms with Crippen molar-refractivity contribution >= 4 is 43.3 Å². The molecule has 0 aliphatic heterocycles. The molecule has 0 fully saturated rings. The topological polar surface area (TPSA) is 98.5 Å². The van der Waals surface area contributed by atoms with Gasteiger partial charge >= 0.3 is 0 Å². The molecule has 0 aliphatic rings. The van der Waals surface area contributed by atoms with Gasteiger partial charge in [-0.05, 0) is 57.2 Å². The van der Waals surface area contributed by atoms with E-state index in [9.17, 15) is 13.2 Å². The highest BCUT2D eigenvalue weighted by molar-refractivity contribution is 7.92. The Labute approximate surface area is 209 Å². The van der Waals surface area contributed by atoms with E-state index in [1.165, 1.54) is 0 Å². The van der Waals surface area contributed by atoms with Gasteiger partial charge in [0.15, 0.2) is 0 Å². The van der Waals surface area contributed by atoms with Gasteiger partial charge in [0.05, 0.1) is 17.2 Å². The van der Waals surface area contributed by atoms with Gasteiger partial charge in [0.25, 0.3) is 0 Å².